The Morgan fingerprint density at radius 2 is 1.79 bits per heavy atom. The van der Waals surface area contributed by atoms with Gasteiger partial charge in [0, 0.05) is 25.0 Å². The number of nitrogens with one attached hydrogen (secondary N) is 1. The maximum Gasteiger partial charge on any atom is 0.277 e. The summed E-state index contributed by atoms with van der Waals surface area (Å²) in [5, 5.41) is 1.13. The summed E-state index contributed by atoms with van der Waals surface area (Å²) in [7, 11) is 4.50. The summed E-state index contributed by atoms with van der Waals surface area (Å²) >= 11 is 1.37. The summed E-state index contributed by atoms with van der Waals surface area (Å²) in [6, 6.07) is 15.4. The average molecular weight is 497 g/mol. The maximum atomic E-state index is 14.4. The van der Waals surface area contributed by atoms with E-state index in [4.69, 9.17) is 9.53 Å². The van der Waals surface area contributed by atoms with Gasteiger partial charge in [-0.3, -0.25) is 9.62 Å². The number of hydrogen-bond acceptors (Lipinski definition) is 5. The lowest BCUT2D eigenvalue weighted by Crippen LogP contribution is -2.46. The SMILES string of the molecule is C1CCOC1.C=O.CCSNC1C(Cc2cccc(-c3cccc(P)c3)c2)N(C)CC1(F)F. The van der Waals surface area contributed by atoms with E-state index in [1.165, 1.54) is 24.8 Å². The van der Waals surface area contributed by atoms with E-state index in [1.54, 1.807) is 11.9 Å². The molecule has 4 nitrogen and oxygen atoms in total. The van der Waals surface area contributed by atoms with Gasteiger partial charge in [0.15, 0.2) is 0 Å². The van der Waals surface area contributed by atoms with Gasteiger partial charge in [-0.25, -0.2) is 8.78 Å². The second-order valence-electron chi connectivity index (χ2n) is 8.12. The van der Waals surface area contributed by atoms with Gasteiger partial charge in [-0.2, -0.15) is 0 Å². The zero-order valence-corrected chi connectivity index (χ0v) is 21.4. The molecule has 1 N–H and O–H groups in total. The molecule has 2 aliphatic heterocycles. The summed E-state index contributed by atoms with van der Waals surface area (Å²) in [6.07, 6.45) is 3.16. The van der Waals surface area contributed by atoms with Gasteiger partial charge in [0.1, 0.15) is 6.79 Å². The van der Waals surface area contributed by atoms with Crippen LogP contribution < -0.4 is 10.0 Å². The molecule has 0 amide bonds. The Kier molecular flexibility index (Phi) is 11.9. The highest BCUT2D eigenvalue weighted by molar-refractivity contribution is 7.97. The minimum Gasteiger partial charge on any atom is -0.381 e. The number of likely N-dealkylation sites (N-methyl/N-ethyl adjacent to an activating group) is 1. The van der Waals surface area contributed by atoms with Crippen LogP contribution in [0.3, 0.4) is 0 Å². The first-order valence-corrected chi connectivity index (χ1v) is 12.7. The number of ether oxygens (including phenoxy) is 1. The molecule has 2 fully saturated rings. The number of carbonyl (C=O) groups excluding carboxylic acids is 1. The molecule has 33 heavy (non-hydrogen) atoms. The fraction of sp³-hybridized carbons (Fsp3) is 0.480. The molecule has 2 aromatic rings. The van der Waals surface area contributed by atoms with E-state index >= 15 is 0 Å². The van der Waals surface area contributed by atoms with Gasteiger partial charge < -0.3 is 9.53 Å². The van der Waals surface area contributed by atoms with Crippen molar-refractivity contribution in [2.75, 3.05) is 32.6 Å². The third-order valence-electron chi connectivity index (χ3n) is 5.64. The molecule has 182 valence electrons. The van der Waals surface area contributed by atoms with Gasteiger partial charge >= 0.3 is 0 Å². The number of nitrogens with zero attached hydrogens (tertiary/aromatic N) is 1. The van der Waals surface area contributed by atoms with Gasteiger partial charge in [-0.1, -0.05) is 61.3 Å². The van der Waals surface area contributed by atoms with E-state index < -0.39 is 12.0 Å². The topological polar surface area (TPSA) is 41.6 Å². The van der Waals surface area contributed by atoms with Crippen LogP contribution in [0.25, 0.3) is 11.1 Å². The fourth-order valence-corrected chi connectivity index (χ4v) is 5.01. The summed E-state index contributed by atoms with van der Waals surface area (Å²) in [6.45, 7) is 5.77. The normalized spacial score (nSPS) is 21.6. The van der Waals surface area contributed by atoms with Crippen LogP contribution in [0.1, 0.15) is 25.3 Å². The lowest BCUT2D eigenvalue weighted by atomic mass is 9.96. The molecule has 0 radical (unpaired) electrons. The third-order valence-corrected chi connectivity index (χ3v) is 6.71. The molecule has 0 aliphatic carbocycles. The van der Waals surface area contributed by atoms with Crippen LogP contribution >= 0.6 is 21.2 Å². The van der Waals surface area contributed by atoms with E-state index in [9.17, 15) is 8.78 Å². The van der Waals surface area contributed by atoms with E-state index in [2.05, 4.69) is 38.2 Å². The van der Waals surface area contributed by atoms with Gasteiger partial charge in [0.2, 0.25) is 0 Å². The van der Waals surface area contributed by atoms with Crippen molar-refractivity contribution in [3.63, 3.8) is 0 Å². The smallest absolute Gasteiger partial charge is 0.277 e. The molecule has 0 aromatic heterocycles. The van der Waals surface area contributed by atoms with E-state index in [0.717, 1.165) is 41.0 Å². The second kappa shape index (κ2) is 14.1. The van der Waals surface area contributed by atoms with Crippen LogP contribution in [0, 0.1) is 0 Å². The van der Waals surface area contributed by atoms with Crippen molar-refractivity contribution in [3.8, 4) is 11.1 Å². The molecule has 2 aliphatic rings. The van der Waals surface area contributed by atoms with Crippen LogP contribution in [0.15, 0.2) is 48.5 Å². The van der Waals surface area contributed by atoms with Crippen LogP contribution in [0.2, 0.25) is 0 Å². The molecular weight excluding hydrogens is 461 g/mol. The minimum atomic E-state index is -2.72. The number of halogens is 2. The lowest BCUT2D eigenvalue weighted by molar-refractivity contribution is -0.0980. The van der Waals surface area contributed by atoms with Crippen LogP contribution in [-0.4, -0.2) is 62.3 Å². The number of rotatable bonds is 6. The third kappa shape index (κ3) is 8.41. The molecule has 8 heteroatoms. The maximum absolute atomic E-state index is 14.4. The van der Waals surface area contributed by atoms with Crippen molar-refractivity contribution in [1.29, 1.82) is 0 Å². The van der Waals surface area contributed by atoms with Crippen molar-refractivity contribution in [2.24, 2.45) is 0 Å². The Labute approximate surface area is 203 Å². The van der Waals surface area contributed by atoms with Crippen molar-refractivity contribution < 1.29 is 18.3 Å². The first kappa shape index (κ1) is 27.9. The van der Waals surface area contributed by atoms with Crippen molar-refractivity contribution in [1.82, 2.24) is 9.62 Å². The monoisotopic (exact) mass is 496 g/mol. The number of benzene rings is 2. The first-order valence-electron chi connectivity index (χ1n) is 11.2. The molecule has 0 bridgehead atoms. The number of hydrogen-bond donors (Lipinski definition) is 1. The Bertz CT molecular complexity index is 847. The predicted octanol–water partition coefficient (Wildman–Crippen LogP) is 4.58. The van der Waals surface area contributed by atoms with Gasteiger partial charge in [-0.05, 0) is 54.4 Å². The van der Waals surface area contributed by atoms with Crippen LogP contribution in [0.4, 0.5) is 8.78 Å². The molecule has 0 saturated carbocycles. The highest BCUT2D eigenvalue weighted by Gasteiger charge is 2.52. The molecule has 2 heterocycles. The zero-order valence-electron chi connectivity index (χ0n) is 19.4. The number of alkyl halides is 2. The van der Waals surface area contributed by atoms with E-state index in [-0.39, 0.29) is 12.6 Å². The molecule has 0 spiro atoms. The molecule has 3 unspecified atom stereocenters. The fourth-order valence-electron chi connectivity index (χ4n) is 4.04. The minimum absolute atomic E-state index is 0.200. The van der Waals surface area contributed by atoms with Crippen molar-refractivity contribution in [2.45, 2.75) is 44.2 Å². The van der Waals surface area contributed by atoms with Crippen molar-refractivity contribution in [3.05, 3.63) is 54.1 Å². The lowest BCUT2D eigenvalue weighted by Gasteiger charge is -2.26. The zero-order chi connectivity index (χ0) is 24.3. The summed E-state index contributed by atoms with van der Waals surface area (Å²) in [5.74, 6) is -1.95. The van der Waals surface area contributed by atoms with E-state index in [0.29, 0.717) is 6.42 Å². The predicted molar refractivity (Wildman–Crippen MR) is 139 cm³/mol. The Hall–Kier alpha value is -1.37. The molecule has 3 atom stereocenters. The number of carbonyl (C=O) groups is 1. The highest BCUT2D eigenvalue weighted by Crippen LogP contribution is 2.34. The first-order chi connectivity index (χ1) is 15.9. The van der Waals surface area contributed by atoms with E-state index in [1.807, 2.05) is 38.0 Å². The Balaban J connectivity index is 0.000000477. The molecule has 2 aromatic carbocycles. The Morgan fingerprint density at radius 3 is 2.36 bits per heavy atom. The summed E-state index contributed by atoms with van der Waals surface area (Å²) in [4.78, 5) is 9.78. The highest BCUT2D eigenvalue weighted by atomic mass is 32.2. The van der Waals surface area contributed by atoms with Gasteiger partial charge in [0.25, 0.3) is 5.92 Å². The largest absolute Gasteiger partial charge is 0.381 e. The second-order valence-corrected chi connectivity index (χ2v) is 9.89. The van der Waals surface area contributed by atoms with Gasteiger partial charge in [-0.15, -0.1) is 9.24 Å². The Morgan fingerprint density at radius 1 is 1.15 bits per heavy atom. The summed E-state index contributed by atoms with van der Waals surface area (Å²) in [5.41, 5.74) is 3.34. The number of likely N-dealkylation sites (tertiary alicyclic amines) is 1. The standard InChI is InChI=1S/C20H25F2N2PS.C4H8O.CH2O/c1-3-26-23-19-18(24(2)13-20(19,21)22)11-14-6-4-7-15(10-14)16-8-5-9-17(25)12-16;1-2-4-5-3-1;1-2/h4-10,12,18-19,23H,3,11,13,25H2,1-2H3;1-4H2;1H2. The molecule has 4 rings (SSSR count). The quantitative estimate of drug-likeness (QED) is 0.468. The average Bonchev–Trinajstić information content (AvgIpc) is 3.45. The van der Waals surface area contributed by atoms with Crippen molar-refractivity contribution >= 4 is 33.3 Å². The summed E-state index contributed by atoms with van der Waals surface area (Å²) < 4.78 is 36.8. The van der Waals surface area contributed by atoms with Gasteiger partial charge in [0.05, 0.1) is 12.6 Å². The molecule has 2 saturated heterocycles. The van der Waals surface area contributed by atoms with Crippen LogP contribution in [-0.2, 0) is 16.0 Å². The molecular formula is C25H35F2N2O2PS. The van der Waals surface area contributed by atoms with Crippen LogP contribution in [0.5, 0.6) is 0 Å².